The van der Waals surface area contributed by atoms with Crippen LogP contribution in [0.1, 0.15) is 41.8 Å². The number of thiazole rings is 1. The van der Waals surface area contributed by atoms with Crippen LogP contribution in [0.15, 0.2) is 11.7 Å². The summed E-state index contributed by atoms with van der Waals surface area (Å²) >= 11 is 4.87. The SMILES string of the molecule is O=C(c1cncs1)N(CCBr)C1CCCCC1. The second-order valence-electron chi connectivity index (χ2n) is 4.35. The van der Waals surface area contributed by atoms with Gasteiger partial charge in [0.05, 0.1) is 11.7 Å². The first-order valence-electron chi connectivity index (χ1n) is 6.08. The molecule has 0 spiro atoms. The molecule has 0 saturated heterocycles. The van der Waals surface area contributed by atoms with Gasteiger partial charge in [-0.1, -0.05) is 35.2 Å². The lowest BCUT2D eigenvalue weighted by molar-refractivity contribution is 0.0656. The zero-order chi connectivity index (χ0) is 12.1. The van der Waals surface area contributed by atoms with Crippen LogP contribution >= 0.6 is 27.3 Å². The van der Waals surface area contributed by atoms with Crippen molar-refractivity contribution >= 4 is 33.2 Å². The highest BCUT2D eigenvalue weighted by Crippen LogP contribution is 2.24. The van der Waals surface area contributed by atoms with E-state index < -0.39 is 0 Å². The van der Waals surface area contributed by atoms with Crippen molar-refractivity contribution in [3.05, 3.63) is 16.6 Å². The van der Waals surface area contributed by atoms with E-state index in [-0.39, 0.29) is 5.91 Å². The maximum absolute atomic E-state index is 12.4. The summed E-state index contributed by atoms with van der Waals surface area (Å²) in [5.74, 6) is 0.152. The number of hydrogen-bond donors (Lipinski definition) is 0. The highest BCUT2D eigenvalue weighted by Gasteiger charge is 2.26. The first-order valence-corrected chi connectivity index (χ1v) is 8.08. The van der Waals surface area contributed by atoms with Gasteiger partial charge in [-0.25, -0.2) is 0 Å². The molecule has 94 valence electrons. The molecule has 1 saturated carbocycles. The van der Waals surface area contributed by atoms with Crippen LogP contribution in [-0.4, -0.2) is 33.7 Å². The van der Waals surface area contributed by atoms with Gasteiger partial charge < -0.3 is 4.90 Å². The summed E-state index contributed by atoms with van der Waals surface area (Å²) in [6.07, 6.45) is 7.79. The van der Waals surface area contributed by atoms with Crippen LogP contribution in [0.25, 0.3) is 0 Å². The van der Waals surface area contributed by atoms with Crippen molar-refractivity contribution in [1.29, 1.82) is 0 Å². The highest BCUT2D eigenvalue weighted by molar-refractivity contribution is 9.09. The van der Waals surface area contributed by atoms with Crippen molar-refractivity contribution in [2.45, 2.75) is 38.1 Å². The summed E-state index contributed by atoms with van der Waals surface area (Å²) < 4.78 is 0. The fraction of sp³-hybridized carbons (Fsp3) is 0.667. The van der Waals surface area contributed by atoms with Gasteiger partial charge in [0.1, 0.15) is 4.88 Å². The third-order valence-electron chi connectivity index (χ3n) is 3.24. The molecule has 0 bridgehead atoms. The van der Waals surface area contributed by atoms with E-state index in [1.807, 2.05) is 4.90 Å². The second-order valence-corrected chi connectivity index (χ2v) is 6.02. The Morgan fingerprint density at radius 1 is 1.47 bits per heavy atom. The van der Waals surface area contributed by atoms with E-state index in [1.54, 1.807) is 11.7 Å². The molecule has 1 aromatic rings. The fourth-order valence-electron chi connectivity index (χ4n) is 2.40. The zero-order valence-corrected chi connectivity index (χ0v) is 12.2. The lowest BCUT2D eigenvalue weighted by Gasteiger charge is -2.33. The van der Waals surface area contributed by atoms with Gasteiger partial charge in [0.15, 0.2) is 0 Å². The second kappa shape index (κ2) is 6.50. The van der Waals surface area contributed by atoms with Gasteiger partial charge in [-0.2, -0.15) is 0 Å². The molecular formula is C12H17BrN2OS. The largest absolute Gasteiger partial charge is 0.334 e. The molecule has 17 heavy (non-hydrogen) atoms. The normalized spacial score (nSPS) is 17.0. The Morgan fingerprint density at radius 3 is 2.82 bits per heavy atom. The molecule has 1 amide bonds. The Hall–Kier alpha value is -0.420. The third kappa shape index (κ3) is 3.28. The average molecular weight is 317 g/mol. The number of carbonyl (C=O) groups is 1. The van der Waals surface area contributed by atoms with Gasteiger partial charge in [0.2, 0.25) is 0 Å². The quantitative estimate of drug-likeness (QED) is 0.798. The average Bonchev–Trinajstić information content (AvgIpc) is 2.90. The van der Waals surface area contributed by atoms with E-state index >= 15 is 0 Å². The van der Waals surface area contributed by atoms with E-state index in [4.69, 9.17) is 0 Å². The van der Waals surface area contributed by atoms with Crippen molar-refractivity contribution in [2.24, 2.45) is 0 Å². The Labute approximate surface area is 114 Å². The lowest BCUT2D eigenvalue weighted by Crippen LogP contribution is -2.42. The van der Waals surface area contributed by atoms with E-state index in [1.165, 1.54) is 30.6 Å². The van der Waals surface area contributed by atoms with Crippen LogP contribution in [-0.2, 0) is 0 Å². The molecule has 0 atom stereocenters. The minimum absolute atomic E-state index is 0.152. The standard InChI is InChI=1S/C12H17BrN2OS/c13-6-7-15(10-4-2-1-3-5-10)12(16)11-8-14-9-17-11/h8-10H,1-7H2. The van der Waals surface area contributed by atoms with Crippen LogP contribution in [0.2, 0.25) is 0 Å². The van der Waals surface area contributed by atoms with Gasteiger partial charge in [-0.05, 0) is 12.8 Å². The molecule has 5 heteroatoms. The van der Waals surface area contributed by atoms with Crippen LogP contribution in [0.4, 0.5) is 0 Å². The molecule has 3 nitrogen and oxygen atoms in total. The van der Waals surface area contributed by atoms with Crippen LogP contribution in [0, 0.1) is 0 Å². The fourth-order valence-corrected chi connectivity index (χ4v) is 3.35. The van der Waals surface area contributed by atoms with Crippen molar-refractivity contribution in [3.8, 4) is 0 Å². The molecule has 0 radical (unpaired) electrons. The Morgan fingerprint density at radius 2 is 2.24 bits per heavy atom. The molecule has 1 aromatic heterocycles. The molecular weight excluding hydrogens is 300 g/mol. The molecule has 1 aliphatic carbocycles. The number of aromatic nitrogens is 1. The number of alkyl halides is 1. The highest BCUT2D eigenvalue weighted by atomic mass is 79.9. The van der Waals surface area contributed by atoms with Crippen LogP contribution < -0.4 is 0 Å². The van der Waals surface area contributed by atoms with E-state index in [2.05, 4.69) is 20.9 Å². The Kier molecular flexibility index (Phi) is 4.98. The van der Waals surface area contributed by atoms with E-state index in [9.17, 15) is 4.79 Å². The maximum Gasteiger partial charge on any atom is 0.265 e. The van der Waals surface area contributed by atoms with Gasteiger partial charge in [-0.3, -0.25) is 9.78 Å². The molecule has 1 heterocycles. The summed E-state index contributed by atoms with van der Waals surface area (Å²) in [5.41, 5.74) is 1.72. The van der Waals surface area contributed by atoms with E-state index in [0.29, 0.717) is 6.04 Å². The number of amides is 1. The molecule has 2 rings (SSSR count). The smallest absolute Gasteiger partial charge is 0.265 e. The van der Waals surface area contributed by atoms with Gasteiger partial charge in [0.25, 0.3) is 5.91 Å². The summed E-state index contributed by atoms with van der Waals surface area (Å²) in [5, 5.41) is 0.841. The van der Waals surface area contributed by atoms with E-state index in [0.717, 1.165) is 29.6 Å². The molecule has 0 N–H and O–H groups in total. The Balaban J connectivity index is 2.07. The monoisotopic (exact) mass is 316 g/mol. The predicted molar refractivity (Wildman–Crippen MR) is 73.8 cm³/mol. The number of carbonyl (C=O) groups excluding carboxylic acids is 1. The Bertz CT molecular complexity index is 349. The van der Waals surface area contributed by atoms with Crippen molar-refractivity contribution in [3.63, 3.8) is 0 Å². The lowest BCUT2D eigenvalue weighted by atomic mass is 9.94. The summed E-state index contributed by atoms with van der Waals surface area (Å²) in [7, 11) is 0. The van der Waals surface area contributed by atoms with Gasteiger partial charge >= 0.3 is 0 Å². The molecule has 0 unspecified atom stereocenters. The number of hydrogen-bond acceptors (Lipinski definition) is 3. The van der Waals surface area contributed by atoms with Crippen LogP contribution in [0.5, 0.6) is 0 Å². The number of halogens is 1. The summed E-state index contributed by atoms with van der Waals surface area (Å²) in [4.78, 5) is 19.2. The van der Waals surface area contributed by atoms with Crippen LogP contribution in [0.3, 0.4) is 0 Å². The summed E-state index contributed by atoms with van der Waals surface area (Å²) in [6, 6.07) is 0.427. The molecule has 1 fully saturated rings. The maximum atomic E-state index is 12.4. The minimum Gasteiger partial charge on any atom is -0.334 e. The zero-order valence-electron chi connectivity index (χ0n) is 9.77. The number of nitrogens with zero attached hydrogens (tertiary/aromatic N) is 2. The molecule has 0 aromatic carbocycles. The van der Waals surface area contributed by atoms with Gasteiger partial charge in [0, 0.05) is 17.9 Å². The first-order chi connectivity index (χ1) is 8.33. The first kappa shape index (κ1) is 13.0. The number of rotatable bonds is 4. The van der Waals surface area contributed by atoms with Crippen molar-refractivity contribution in [1.82, 2.24) is 9.88 Å². The molecule has 1 aliphatic rings. The predicted octanol–water partition coefficient (Wildman–Crippen LogP) is 3.31. The van der Waals surface area contributed by atoms with Crippen molar-refractivity contribution in [2.75, 3.05) is 11.9 Å². The topological polar surface area (TPSA) is 33.2 Å². The van der Waals surface area contributed by atoms with Crippen molar-refractivity contribution < 1.29 is 4.79 Å². The van der Waals surface area contributed by atoms with Gasteiger partial charge in [-0.15, -0.1) is 11.3 Å². The third-order valence-corrected chi connectivity index (χ3v) is 4.36. The minimum atomic E-state index is 0.152. The molecule has 0 aliphatic heterocycles. The summed E-state index contributed by atoms with van der Waals surface area (Å²) in [6.45, 7) is 0.793.